The molecule has 0 radical (unpaired) electrons. The predicted molar refractivity (Wildman–Crippen MR) is 106 cm³/mol. The van der Waals surface area contributed by atoms with Crippen LogP contribution in [0.3, 0.4) is 0 Å². The van der Waals surface area contributed by atoms with Crippen LogP contribution < -0.4 is 5.73 Å². The summed E-state index contributed by atoms with van der Waals surface area (Å²) in [5, 5.41) is 18.4. The fourth-order valence-electron chi connectivity index (χ4n) is 4.64. The molecule has 9 heteroatoms. The number of nitrogens with zero attached hydrogens (tertiary/aromatic N) is 4. The number of hydrogen-bond acceptors (Lipinski definition) is 7. The van der Waals surface area contributed by atoms with Gasteiger partial charge >= 0.3 is 5.97 Å². The van der Waals surface area contributed by atoms with Crippen LogP contribution in [0.15, 0.2) is 6.20 Å². The van der Waals surface area contributed by atoms with Gasteiger partial charge in [-0.05, 0) is 26.2 Å². The van der Waals surface area contributed by atoms with Crippen LogP contribution in [0.5, 0.6) is 0 Å². The predicted octanol–water partition coefficient (Wildman–Crippen LogP) is 1.12. The van der Waals surface area contributed by atoms with Crippen LogP contribution >= 0.6 is 0 Å². The molecule has 1 aromatic heterocycles. The molecular weight excluding hydrogens is 374 g/mol. The lowest BCUT2D eigenvalue weighted by atomic mass is 9.84. The zero-order chi connectivity index (χ0) is 21.2. The van der Waals surface area contributed by atoms with Crippen molar-refractivity contribution in [2.75, 3.05) is 13.7 Å². The number of carbonyl (C=O) groups is 2. The smallest absolute Gasteiger partial charge is 0.328 e. The highest BCUT2D eigenvalue weighted by Crippen LogP contribution is 2.33. The van der Waals surface area contributed by atoms with Crippen molar-refractivity contribution in [3.63, 3.8) is 0 Å². The van der Waals surface area contributed by atoms with Crippen molar-refractivity contribution in [1.82, 2.24) is 19.9 Å². The van der Waals surface area contributed by atoms with Gasteiger partial charge in [-0.3, -0.25) is 4.79 Å². The molecule has 9 nitrogen and oxygen atoms in total. The lowest BCUT2D eigenvalue weighted by Gasteiger charge is -2.29. The average Bonchev–Trinajstić information content (AvgIpc) is 3.34. The van der Waals surface area contributed by atoms with Crippen molar-refractivity contribution in [2.45, 2.75) is 82.5 Å². The SMILES string of the molecule is COC(=O)[C@@H]1C[C@H](n2nncc2C(C)(C)O)CN1C(=O)[C@H](N)CC1CCCCC1. The summed E-state index contributed by atoms with van der Waals surface area (Å²) < 4.78 is 6.55. The Morgan fingerprint density at radius 1 is 1.34 bits per heavy atom. The molecule has 2 fully saturated rings. The van der Waals surface area contributed by atoms with E-state index in [1.165, 1.54) is 37.5 Å². The van der Waals surface area contributed by atoms with Gasteiger partial charge in [-0.25, -0.2) is 9.48 Å². The Kier molecular flexibility index (Phi) is 6.58. The van der Waals surface area contributed by atoms with E-state index in [0.29, 0.717) is 24.5 Å². The summed E-state index contributed by atoms with van der Waals surface area (Å²) >= 11 is 0. The van der Waals surface area contributed by atoms with E-state index in [9.17, 15) is 14.7 Å². The molecule has 1 amide bonds. The highest BCUT2D eigenvalue weighted by molar-refractivity contribution is 5.88. The molecule has 0 spiro atoms. The standard InChI is InChI=1S/C20H33N5O4/c1-20(2,28)17-11-22-23-25(17)14-10-16(19(27)29-3)24(12-14)18(26)15(21)9-13-7-5-4-6-8-13/h11,13-16,28H,4-10,12,21H2,1-3H3/t14-,15+,16-/m0/s1. The van der Waals surface area contributed by atoms with Crippen molar-refractivity contribution < 1.29 is 19.4 Å². The molecule has 162 valence electrons. The van der Waals surface area contributed by atoms with Gasteiger partial charge in [-0.15, -0.1) is 5.10 Å². The van der Waals surface area contributed by atoms with E-state index < -0.39 is 23.7 Å². The largest absolute Gasteiger partial charge is 0.467 e. The van der Waals surface area contributed by atoms with Gasteiger partial charge in [0.05, 0.1) is 31.1 Å². The molecule has 1 aliphatic heterocycles. The van der Waals surface area contributed by atoms with Crippen LogP contribution in [0, 0.1) is 5.92 Å². The Bertz CT molecular complexity index is 723. The average molecular weight is 408 g/mol. The number of methoxy groups -OCH3 is 1. The van der Waals surface area contributed by atoms with E-state index in [-0.39, 0.29) is 18.5 Å². The summed E-state index contributed by atoms with van der Waals surface area (Å²) in [5.74, 6) is -0.219. The molecule has 3 atom stereocenters. The third-order valence-corrected chi connectivity index (χ3v) is 6.21. The first kappa shape index (κ1) is 21.7. The number of likely N-dealkylation sites (tertiary alicyclic amines) is 1. The lowest BCUT2D eigenvalue weighted by Crippen LogP contribution is -2.49. The first-order valence-corrected chi connectivity index (χ1v) is 10.5. The molecule has 1 saturated carbocycles. The molecule has 3 rings (SSSR count). The van der Waals surface area contributed by atoms with E-state index in [1.807, 2.05) is 0 Å². The molecule has 0 unspecified atom stereocenters. The summed E-state index contributed by atoms with van der Waals surface area (Å²) in [4.78, 5) is 27.1. The molecular formula is C20H33N5O4. The van der Waals surface area contributed by atoms with E-state index in [2.05, 4.69) is 10.3 Å². The summed E-state index contributed by atoms with van der Waals surface area (Å²) in [6, 6.07) is -1.63. The summed E-state index contributed by atoms with van der Waals surface area (Å²) in [6.07, 6.45) is 8.34. The second-order valence-corrected chi connectivity index (χ2v) is 8.89. The number of ether oxygens (including phenoxy) is 1. The van der Waals surface area contributed by atoms with Gasteiger partial charge in [-0.2, -0.15) is 0 Å². The minimum Gasteiger partial charge on any atom is -0.467 e. The van der Waals surface area contributed by atoms with Gasteiger partial charge in [0.2, 0.25) is 5.91 Å². The molecule has 29 heavy (non-hydrogen) atoms. The second-order valence-electron chi connectivity index (χ2n) is 8.89. The van der Waals surface area contributed by atoms with Gasteiger partial charge in [-0.1, -0.05) is 37.3 Å². The van der Waals surface area contributed by atoms with Crippen LogP contribution in [0.4, 0.5) is 0 Å². The Morgan fingerprint density at radius 3 is 2.66 bits per heavy atom. The molecule has 1 aromatic rings. The molecule has 3 N–H and O–H groups in total. The third-order valence-electron chi connectivity index (χ3n) is 6.21. The highest BCUT2D eigenvalue weighted by atomic mass is 16.5. The number of esters is 1. The number of aromatic nitrogens is 3. The molecule has 0 bridgehead atoms. The topological polar surface area (TPSA) is 124 Å². The van der Waals surface area contributed by atoms with Crippen molar-refractivity contribution in [1.29, 1.82) is 0 Å². The number of carbonyl (C=O) groups excluding carboxylic acids is 2. The van der Waals surface area contributed by atoms with E-state index >= 15 is 0 Å². The molecule has 0 aromatic carbocycles. The quantitative estimate of drug-likeness (QED) is 0.677. The van der Waals surface area contributed by atoms with Crippen LogP contribution in [-0.2, 0) is 19.9 Å². The lowest BCUT2D eigenvalue weighted by molar-refractivity contribution is -0.151. The van der Waals surface area contributed by atoms with Crippen molar-refractivity contribution in [3.8, 4) is 0 Å². The van der Waals surface area contributed by atoms with Gasteiger partial charge in [0.25, 0.3) is 0 Å². The maximum absolute atomic E-state index is 13.1. The Labute approximate surface area is 171 Å². The number of nitrogens with two attached hydrogens (primary N) is 1. The second kappa shape index (κ2) is 8.79. The maximum atomic E-state index is 13.1. The van der Waals surface area contributed by atoms with Crippen molar-refractivity contribution in [3.05, 3.63) is 11.9 Å². The minimum atomic E-state index is -1.14. The number of aliphatic hydroxyl groups is 1. The number of amides is 1. The summed E-state index contributed by atoms with van der Waals surface area (Å²) in [6.45, 7) is 3.58. The van der Waals surface area contributed by atoms with Gasteiger partial charge in [0.15, 0.2) is 0 Å². The fourth-order valence-corrected chi connectivity index (χ4v) is 4.64. The van der Waals surface area contributed by atoms with Crippen LogP contribution in [0.25, 0.3) is 0 Å². The van der Waals surface area contributed by atoms with E-state index in [4.69, 9.17) is 10.5 Å². The third kappa shape index (κ3) is 4.78. The highest BCUT2D eigenvalue weighted by Gasteiger charge is 2.44. The van der Waals surface area contributed by atoms with Gasteiger partial charge in [0.1, 0.15) is 11.6 Å². The zero-order valence-electron chi connectivity index (χ0n) is 17.6. The molecule has 1 saturated heterocycles. The monoisotopic (exact) mass is 407 g/mol. The first-order valence-electron chi connectivity index (χ1n) is 10.5. The van der Waals surface area contributed by atoms with Gasteiger partial charge < -0.3 is 20.5 Å². The van der Waals surface area contributed by atoms with E-state index in [0.717, 1.165) is 12.8 Å². The van der Waals surface area contributed by atoms with Gasteiger partial charge in [0, 0.05) is 13.0 Å². The Hall–Kier alpha value is -2.00. The summed E-state index contributed by atoms with van der Waals surface area (Å²) in [5.41, 5.74) is 5.67. The normalized spacial score (nSPS) is 24.5. The minimum absolute atomic E-state index is 0.224. The Morgan fingerprint density at radius 2 is 2.03 bits per heavy atom. The summed E-state index contributed by atoms with van der Waals surface area (Å²) in [7, 11) is 1.32. The zero-order valence-corrected chi connectivity index (χ0v) is 17.6. The Balaban J connectivity index is 1.76. The van der Waals surface area contributed by atoms with E-state index in [1.54, 1.807) is 18.5 Å². The molecule has 2 heterocycles. The fraction of sp³-hybridized carbons (Fsp3) is 0.800. The molecule has 2 aliphatic rings. The van der Waals surface area contributed by atoms with Crippen molar-refractivity contribution >= 4 is 11.9 Å². The maximum Gasteiger partial charge on any atom is 0.328 e. The van der Waals surface area contributed by atoms with Crippen LogP contribution in [0.1, 0.15) is 70.5 Å². The van der Waals surface area contributed by atoms with Crippen LogP contribution in [-0.4, -0.2) is 62.6 Å². The number of rotatable bonds is 6. The first-order chi connectivity index (χ1) is 13.7. The number of hydrogen-bond donors (Lipinski definition) is 2. The van der Waals surface area contributed by atoms with Crippen molar-refractivity contribution in [2.24, 2.45) is 11.7 Å². The van der Waals surface area contributed by atoms with Crippen LogP contribution in [0.2, 0.25) is 0 Å². The molecule has 1 aliphatic carbocycles.